The Balaban J connectivity index is 1.53. The van der Waals surface area contributed by atoms with Gasteiger partial charge in [-0.05, 0) is 55.8 Å². The number of aliphatic imine (C=N–C) groups is 1. The number of alkyl halides is 2. The second-order valence-electron chi connectivity index (χ2n) is 9.65. The van der Waals surface area contributed by atoms with Crippen LogP contribution in [0.4, 0.5) is 8.78 Å². The molecule has 37 heavy (non-hydrogen) atoms. The van der Waals surface area contributed by atoms with E-state index in [0.29, 0.717) is 41.0 Å². The van der Waals surface area contributed by atoms with Gasteiger partial charge in [-0.15, -0.1) is 0 Å². The molecule has 0 radical (unpaired) electrons. The van der Waals surface area contributed by atoms with Crippen molar-refractivity contribution in [2.45, 2.75) is 32.4 Å². The van der Waals surface area contributed by atoms with Gasteiger partial charge in [-0.1, -0.05) is 12.1 Å². The van der Waals surface area contributed by atoms with Crippen LogP contribution in [0.2, 0.25) is 0 Å². The number of ether oxygens (including phenoxy) is 4. The summed E-state index contributed by atoms with van der Waals surface area (Å²) in [4.78, 5) is 9.17. The highest BCUT2D eigenvalue weighted by Gasteiger charge is 2.48. The lowest BCUT2D eigenvalue weighted by atomic mass is 9.81. The Bertz CT molecular complexity index is 1430. The second-order valence-corrected chi connectivity index (χ2v) is 9.65. The van der Waals surface area contributed by atoms with Crippen LogP contribution in [0.3, 0.4) is 0 Å². The second kappa shape index (κ2) is 8.62. The third-order valence-electron chi connectivity index (χ3n) is 6.02. The van der Waals surface area contributed by atoms with Gasteiger partial charge in [0.15, 0.2) is 5.54 Å². The zero-order valence-electron chi connectivity index (χ0n) is 20.4. The number of amidine groups is 1. The van der Waals surface area contributed by atoms with Crippen LogP contribution in [0.15, 0.2) is 59.7 Å². The summed E-state index contributed by atoms with van der Waals surface area (Å²) in [6.45, 7) is 4.59. The number of hydrogen-bond donors (Lipinski definition) is 1. The van der Waals surface area contributed by atoms with E-state index < -0.39 is 17.1 Å². The lowest BCUT2D eigenvalue weighted by Crippen LogP contribution is -2.31. The third kappa shape index (κ3) is 4.72. The Morgan fingerprint density at radius 1 is 1.05 bits per heavy atom. The highest BCUT2D eigenvalue weighted by molar-refractivity contribution is 5.77. The molecule has 2 aromatic carbocycles. The average molecular weight is 507 g/mol. The van der Waals surface area contributed by atoms with Crippen molar-refractivity contribution in [3.05, 3.63) is 65.9 Å². The van der Waals surface area contributed by atoms with Crippen molar-refractivity contribution < 1.29 is 27.7 Å². The molecule has 0 saturated carbocycles. The largest absolute Gasteiger partial charge is 0.492 e. The van der Waals surface area contributed by atoms with Crippen LogP contribution in [-0.2, 0) is 10.3 Å². The average Bonchev–Trinajstić information content (AvgIpc) is 3.25. The van der Waals surface area contributed by atoms with E-state index >= 15 is 0 Å². The van der Waals surface area contributed by atoms with Crippen molar-refractivity contribution in [1.29, 1.82) is 5.26 Å². The molecule has 0 unspecified atom stereocenters. The van der Waals surface area contributed by atoms with E-state index in [0.717, 1.165) is 5.56 Å². The highest BCUT2D eigenvalue weighted by Crippen LogP contribution is 2.51. The summed E-state index contributed by atoms with van der Waals surface area (Å²) >= 11 is 0. The minimum Gasteiger partial charge on any atom is -0.492 e. The van der Waals surface area contributed by atoms with Crippen LogP contribution in [0.5, 0.6) is 23.1 Å². The highest BCUT2D eigenvalue weighted by atomic mass is 19.3. The van der Waals surface area contributed by atoms with Gasteiger partial charge in [0.2, 0.25) is 5.88 Å². The SMILES string of the molecule is CC(C)(C#N)COc1ccc2c(c1)[C@@]1(COC(N)=N1)c1cc(-c3ccc(OC(C)(F)F)cc3)cnc1O2. The van der Waals surface area contributed by atoms with Crippen molar-refractivity contribution in [2.75, 3.05) is 13.2 Å². The van der Waals surface area contributed by atoms with Gasteiger partial charge in [0.25, 0.3) is 6.02 Å². The number of pyridine rings is 1. The summed E-state index contributed by atoms with van der Waals surface area (Å²) < 4.78 is 48.6. The van der Waals surface area contributed by atoms with Crippen LogP contribution < -0.4 is 19.9 Å². The van der Waals surface area contributed by atoms with Crippen molar-refractivity contribution in [1.82, 2.24) is 4.98 Å². The number of nitriles is 1. The number of halogens is 2. The Morgan fingerprint density at radius 2 is 1.78 bits per heavy atom. The number of hydrogen-bond acceptors (Lipinski definition) is 8. The molecule has 2 aliphatic rings. The van der Waals surface area contributed by atoms with E-state index in [4.69, 9.17) is 19.9 Å². The minimum absolute atomic E-state index is 0.0307. The molecule has 3 heterocycles. The lowest BCUT2D eigenvalue weighted by Gasteiger charge is -2.33. The van der Waals surface area contributed by atoms with Crippen LogP contribution in [0.1, 0.15) is 31.9 Å². The summed E-state index contributed by atoms with van der Waals surface area (Å²) in [5.74, 6) is 1.47. The van der Waals surface area contributed by atoms with Gasteiger partial charge in [0.05, 0.1) is 17.0 Å². The predicted molar refractivity (Wildman–Crippen MR) is 131 cm³/mol. The first-order valence-corrected chi connectivity index (χ1v) is 11.5. The molecule has 0 aliphatic carbocycles. The van der Waals surface area contributed by atoms with Crippen molar-refractivity contribution in [3.8, 4) is 40.3 Å². The fourth-order valence-electron chi connectivity index (χ4n) is 4.17. The van der Waals surface area contributed by atoms with E-state index in [1.165, 1.54) is 12.1 Å². The van der Waals surface area contributed by atoms with E-state index in [2.05, 4.69) is 20.8 Å². The van der Waals surface area contributed by atoms with Crippen LogP contribution in [0.25, 0.3) is 11.1 Å². The standard InChI is InChI=1S/C27H24F2N4O4/c1-25(2,13-30)14-34-19-8-9-22-20(11-19)27(15-35-24(31)33-27)21-10-17(12-32-23(21)36-22)16-4-6-18(7-5-16)37-26(3,28)29/h4-12H,14-15H2,1-3H3,(H2,31,33)/t27-/m0/s1. The number of benzene rings is 2. The van der Waals surface area contributed by atoms with E-state index in [-0.39, 0.29) is 25.0 Å². The van der Waals surface area contributed by atoms with Crippen molar-refractivity contribution in [3.63, 3.8) is 0 Å². The molecule has 0 amide bonds. The quantitative estimate of drug-likeness (QED) is 0.479. The van der Waals surface area contributed by atoms with Crippen LogP contribution in [-0.4, -0.2) is 30.3 Å². The summed E-state index contributed by atoms with van der Waals surface area (Å²) in [7, 11) is 0. The Labute approximate surface area is 212 Å². The Hall–Kier alpha value is -4.39. The third-order valence-corrected chi connectivity index (χ3v) is 6.02. The fraction of sp³-hybridized carbons (Fsp3) is 0.296. The first-order chi connectivity index (χ1) is 17.5. The first-order valence-electron chi connectivity index (χ1n) is 11.5. The van der Waals surface area contributed by atoms with Crippen molar-refractivity contribution >= 4 is 6.02 Å². The topological polar surface area (TPSA) is 112 Å². The van der Waals surface area contributed by atoms with Gasteiger partial charge in [-0.2, -0.15) is 14.0 Å². The van der Waals surface area contributed by atoms with E-state index in [1.54, 1.807) is 50.4 Å². The summed E-state index contributed by atoms with van der Waals surface area (Å²) in [5, 5.41) is 9.31. The molecule has 0 saturated heterocycles. The molecule has 5 rings (SSSR count). The molecule has 2 N–H and O–H groups in total. The molecule has 190 valence electrons. The van der Waals surface area contributed by atoms with Gasteiger partial charge in [-0.3, -0.25) is 0 Å². The first kappa shape index (κ1) is 24.3. The van der Waals surface area contributed by atoms with Gasteiger partial charge in [0.1, 0.15) is 30.5 Å². The number of aromatic nitrogens is 1. The molecule has 10 heteroatoms. The normalized spacial score (nSPS) is 18.1. The Morgan fingerprint density at radius 3 is 2.43 bits per heavy atom. The molecule has 1 spiro atoms. The minimum atomic E-state index is -3.28. The number of rotatable bonds is 6. The maximum atomic E-state index is 13.2. The zero-order chi connectivity index (χ0) is 26.4. The van der Waals surface area contributed by atoms with Crippen LogP contribution >= 0.6 is 0 Å². The maximum absolute atomic E-state index is 13.2. The molecular formula is C27H24F2N4O4. The molecule has 0 bridgehead atoms. The van der Waals surface area contributed by atoms with Gasteiger partial charge in [-0.25, -0.2) is 9.98 Å². The lowest BCUT2D eigenvalue weighted by molar-refractivity contribution is -0.158. The summed E-state index contributed by atoms with van der Waals surface area (Å²) in [5.41, 5.74) is 7.02. The number of nitrogens with zero attached hydrogens (tertiary/aromatic N) is 3. The van der Waals surface area contributed by atoms with Gasteiger partial charge >= 0.3 is 6.11 Å². The molecular weight excluding hydrogens is 482 g/mol. The fourth-order valence-corrected chi connectivity index (χ4v) is 4.17. The number of nitrogens with two attached hydrogens (primary N) is 1. The predicted octanol–water partition coefficient (Wildman–Crippen LogP) is 5.36. The monoisotopic (exact) mass is 506 g/mol. The van der Waals surface area contributed by atoms with Crippen molar-refractivity contribution in [2.24, 2.45) is 16.1 Å². The van der Waals surface area contributed by atoms with Gasteiger partial charge < -0.3 is 24.7 Å². The number of fused-ring (bicyclic) bond motifs is 4. The van der Waals surface area contributed by atoms with E-state index in [1.807, 2.05) is 6.07 Å². The molecule has 2 aliphatic heterocycles. The van der Waals surface area contributed by atoms with E-state index in [9.17, 15) is 14.0 Å². The Kier molecular flexibility index (Phi) is 5.67. The van der Waals surface area contributed by atoms with Crippen LogP contribution in [0, 0.1) is 16.7 Å². The smallest absolute Gasteiger partial charge is 0.394 e. The molecule has 1 atom stereocenters. The van der Waals surface area contributed by atoms with Gasteiger partial charge in [0, 0.05) is 24.2 Å². The molecule has 8 nitrogen and oxygen atoms in total. The zero-order valence-corrected chi connectivity index (χ0v) is 20.4. The maximum Gasteiger partial charge on any atom is 0.394 e. The molecule has 1 aromatic heterocycles. The summed E-state index contributed by atoms with van der Waals surface area (Å²) in [6, 6.07) is 15.7. The molecule has 0 fully saturated rings. The molecule has 3 aromatic rings. The summed E-state index contributed by atoms with van der Waals surface area (Å²) in [6.07, 6.45) is -1.65.